The van der Waals surface area contributed by atoms with E-state index in [1.54, 1.807) is 18.2 Å². The molecule has 1 aromatic heterocycles. The van der Waals surface area contributed by atoms with Crippen LogP contribution in [0.2, 0.25) is 0 Å². The van der Waals surface area contributed by atoms with Gasteiger partial charge in [-0.15, -0.1) is 0 Å². The fourth-order valence-corrected chi connectivity index (χ4v) is 3.87. The van der Waals surface area contributed by atoms with Gasteiger partial charge in [0, 0.05) is 11.1 Å². The summed E-state index contributed by atoms with van der Waals surface area (Å²) >= 11 is 0. The van der Waals surface area contributed by atoms with Crippen LogP contribution in [0.25, 0.3) is 22.8 Å². The Hall–Kier alpha value is -3.93. The van der Waals surface area contributed by atoms with E-state index in [-0.39, 0.29) is 11.7 Å². The number of hydrogen-bond acceptors (Lipinski definition) is 5. The van der Waals surface area contributed by atoms with Gasteiger partial charge in [-0.05, 0) is 78.9 Å². The average Bonchev–Trinajstić information content (AvgIpc) is 3.36. The van der Waals surface area contributed by atoms with Crippen LogP contribution in [0, 0.1) is 5.92 Å². The summed E-state index contributed by atoms with van der Waals surface area (Å²) in [5.74, 6) is 2.34. The summed E-state index contributed by atoms with van der Waals surface area (Å²) in [5.41, 5.74) is 2.71. The van der Waals surface area contributed by atoms with E-state index < -0.39 is 6.10 Å². The Balaban J connectivity index is 1.22. The number of allylic oxidation sites excluding steroid dienone is 1. The molecule has 0 aliphatic heterocycles. The summed E-state index contributed by atoms with van der Waals surface area (Å²) in [7, 11) is 0. The number of rotatable bonds is 7. The van der Waals surface area contributed by atoms with Gasteiger partial charge in [0.15, 0.2) is 0 Å². The van der Waals surface area contributed by atoms with Crippen LogP contribution in [0.3, 0.4) is 0 Å². The summed E-state index contributed by atoms with van der Waals surface area (Å²) < 4.78 is 31.2. The molecule has 0 fully saturated rings. The van der Waals surface area contributed by atoms with Gasteiger partial charge in [0.25, 0.3) is 5.89 Å². The summed E-state index contributed by atoms with van der Waals surface area (Å²) in [5, 5.41) is 4.10. The number of benzene rings is 3. The first-order chi connectivity index (χ1) is 16.6. The van der Waals surface area contributed by atoms with E-state index in [1.165, 1.54) is 0 Å². The van der Waals surface area contributed by atoms with E-state index in [0.29, 0.717) is 30.5 Å². The third-order valence-electron chi connectivity index (χ3n) is 5.80. The van der Waals surface area contributed by atoms with Gasteiger partial charge < -0.3 is 14.0 Å². The van der Waals surface area contributed by atoms with Gasteiger partial charge in [-0.3, -0.25) is 0 Å². The van der Waals surface area contributed by atoms with Gasteiger partial charge in [0.1, 0.15) is 30.0 Å². The molecule has 4 aromatic rings. The van der Waals surface area contributed by atoms with Crippen LogP contribution >= 0.6 is 0 Å². The second kappa shape index (κ2) is 9.91. The van der Waals surface area contributed by atoms with Crippen LogP contribution in [0.1, 0.15) is 25.3 Å². The third kappa shape index (κ3) is 5.17. The van der Waals surface area contributed by atoms with Crippen LogP contribution in [0.5, 0.6) is 11.5 Å². The highest BCUT2D eigenvalue weighted by atomic mass is 19.1. The lowest BCUT2D eigenvalue weighted by Gasteiger charge is -2.23. The molecule has 34 heavy (non-hydrogen) atoms. The van der Waals surface area contributed by atoms with E-state index >= 15 is 0 Å². The SMILES string of the molecule is C[C@H]1C=C(F)C(Oc2ccc(-c3noc(-c4ccc(OCc5ccccc5)cc4)n3)cc2)CC1. The Labute approximate surface area is 197 Å². The lowest BCUT2D eigenvalue weighted by atomic mass is 9.95. The quantitative estimate of drug-likeness (QED) is 0.299. The maximum atomic E-state index is 14.1. The van der Waals surface area contributed by atoms with E-state index in [1.807, 2.05) is 73.7 Å². The van der Waals surface area contributed by atoms with Gasteiger partial charge in [0.05, 0.1) is 0 Å². The Kier molecular flexibility index (Phi) is 6.38. The monoisotopic (exact) mass is 456 g/mol. The smallest absolute Gasteiger partial charge is 0.258 e. The molecular formula is C28H25FN2O3. The highest BCUT2D eigenvalue weighted by molar-refractivity contribution is 5.61. The van der Waals surface area contributed by atoms with Crippen molar-refractivity contribution in [1.82, 2.24) is 10.1 Å². The van der Waals surface area contributed by atoms with Crippen molar-refractivity contribution in [2.45, 2.75) is 32.5 Å². The molecule has 2 atom stereocenters. The number of halogens is 1. The molecule has 0 bridgehead atoms. The van der Waals surface area contributed by atoms with E-state index in [0.717, 1.165) is 28.9 Å². The van der Waals surface area contributed by atoms with Crippen molar-refractivity contribution in [2.24, 2.45) is 5.92 Å². The zero-order valence-electron chi connectivity index (χ0n) is 18.9. The molecule has 0 saturated heterocycles. The second-order valence-corrected chi connectivity index (χ2v) is 8.46. The molecule has 172 valence electrons. The van der Waals surface area contributed by atoms with Crippen molar-refractivity contribution >= 4 is 0 Å². The van der Waals surface area contributed by atoms with Crippen LogP contribution in [-0.2, 0) is 6.61 Å². The normalized spacial score (nSPS) is 17.8. The zero-order valence-corrected chi connectivity index (χ0v) is 18.9. The second-order valence-electron chi connectivity index (χ2n) is 8.46. The number of ether oxygens (including phenoxy) is 2. The predicted octanol–water partition coefficient (Wildman–Crippen LogP) is 7.01. The molecule has 0 saturated carbocycles. The first kappa shape index (κ1) is 21.9. The number of nitrogens with zero attached hydrogens (tertiary/aromatic N) is 2. The molecule has 1 aliphatic rings. The molecule has 1 unspecified atom stereocenters. The van der Waals surface area contributed by atoms with E-state index in [4.69, 9.17) is 14.0 Å². The van der Waals surface area contributed by atoms with Crippen molar-refractivity contribution in [3.8, 4) is 34.3 Å². The molecule has 1 aliphatic carbocycles. The maximum Gasteiger partial charge on any atom is 0.258 e. The van der Waals surface area contributed by atoms with E-state index in [9.17, 15) is 4.39 Å². The topological polar surface area (TPSA) is 57.4 Å². The molecule has 5 nitrogen and oxygen atoms in total. The van der Waals surface area contributed by atoms with E-state index in [2.05, 4.69) is 10.1 Å². The number of hydrogen-bond donors (Lipinski definition) is 0. The summed E-state index contributed by atoms with van der Waals surface area (Å²) in [6.07, 6.45) is 2.72. The average molecular weight is 457 g/mol. The minimum absolute atomic E-state index is 0.192. The highest BCUT2D eigenvalue weighted by Gasteiger charge is 2.23. The lowest BCUT2D eigenvalue weighted by Crippen LogP contribution is -2.22. The summed E-state index contributed by atoms with van der Waals surface area (Å²) in [6.45, 7) is 2.52. The van der Waals surface area contributed by atoms with Crippen molar-refractivity contribution in [3.63, 3.8) is 0 Å². The van der Waals surface area contributed by atoms with Crippen molar-refractivity contribution in [3.05, 3.63) is 96.3 Å². The first-order valence-corrected chi connectivity index (χ1v) is 11.4. The molecule has 0 N–H and O–H groups in total. The molecule has 0 amide bonds. The van der Waals surface area contributed by atoms with Crippen molar-refractivity contribution in [2.75, 3.05) is 0 Å². The fraction of sp³-hybridized carbons (Fsp3) is 0.214. The van der Waals surface area contributed by atoms with Gasteiger partial charge >= 0.3 is 0 Å². The van der Waals surface area contributed by atoms with Crippen molar-refractivity contribution < 1.29 is 18.4 Å². The summed E-state index contributed by atoms with van der Waals surface area (Å²) in [6, 6.07) is 24.9. The Morgan fingerprint density at radius 3 is 2.32 bits per heavy atom. The minimum atomic E-state index is -0.515. The summed E-state index contributed by atoms with van der Waals surface area (Å²) in [4.78, 5) is 4.51. The molecule has 1 heterocycles. The minimum Gasteiger partial charge on any atom is -0.489 e. The van der Waals surface area contributed by atoms with Crippen LogP contribution in [-0.4, -0.2) is 16.2 Å². The molecule has 0 spiro atoms. The Morgan fingerprint density at radius 1 is 0.882 bits per heavy atom. The lowest BCUT2D eigenvalue weighted by molar-refractivity contribution is 0.179. The van der Waals surface area contributed by atoms with Gasteiger partial charge in [0.2, 0.25) is 5.82 Å². The Bertz CT molecular complexity index is 1250. The molecule has 6 heteroatoms. The largest absolute Gasteiger partial charge is 0.489 e. The molecule has 3 aromatic carbocycles. The van der Waals surface area contributed by atoms with Crippen LogP contribution in [0.15, 0.2) is 95.3 Å². The molecular weight excluding hydrogens is 431 g/mol. The van der Waals surface area contributed by atoms with Crippen LogP contribution < -0.4 is 9.47 Å². The molecule has 5 rings (SSSR count). The molecule has 0 radical (unpaired) electrons. The highest BCUT2D eigenvalue weighted by Crippen LogP contribution is 2.29. The zero-order chi connectivity index (χ0) is 23.3. The number of aromatic nitrogens is 2. The van der Waals surface area contributed by atoms with Crippen molar-refractivity contribution in [1.29, 1.82) is 0 Å². The Morgan fingerprint density at radius 2 is 1.59 bits per heavy atom. The van der Waals surface area contributed by atoms with Gasteiger partial charge in [-0.1, -0.05) is 42.4 Å². The van der Waals surface area contributed by atoms with Gasteiger partial charge in [-0.25, -0.2) is 4.39 Å². The maximum absolute atomic E-state index is 14.1. The third-order valence-corrected chi connectivity index (χ3v) is 5.80. The fourth-order valence-electron chi connectivity index (χ4n) is 3.87. The predicted molar refractivity (Wildman–Crippen MR) is 128 cm³/mol. The van der Waals surface area contributed by atoms with Gasteiger partial charge in [-0.2, -0.15) is 4.98 Å². The standard InChI is InChI=1S/C28H25FN2O3/c1-19-7-16-26(25(29)17-19)33-24-14-8-21(9-15-24)27-30-28(34-31-27)22-10-12-23(13-11-22)32-18-20-5-3-2-4-6-20/h2-6,8-15,17,19,26H,7,16,18H2,1H3/t19-,26?/m1/s1. The van der Waals surface area contributed by atoms with Crippen LogP contribution in [0.4, 0.5) is 4.39 Å². The first-order valence-electron chi connectivity index (χ1n) is 11.4.